The number of piperazine rings is 1. The average molecular weight is 296 g/mol. The van der Waals surface area contributed by atoms with Gasteiger partial charge in [0.1, 0.15) is 0 Å². The second kappa shape index (κ2) is 5.46. The van der Waals surface area contributed by atoms with Gasteiger partial charge in [0, 0.05) is 51.0 Å². The van der Waals surface area contributed by atoms with Crippen molar-refractivity contribution in [2.24, 2.45) is 7.05 Å². The minimum Gasteiger partial charge on any atom is -0.357 e. The lowest BCUT2D eigenvalue weighted by Gasteiger charge is -2.34. The maximum atomic E-state index is 4.19. The largest absolute Gasteiger partial charge is 0.357 e. The molecule has 0 aliphatic carbocycles. The van der Waals surface area contributed by atoms with Crippen molar-refractivity contribution in [2.75, 3.05) is 31.1 Å². The highest BCUT2D eigenvalue weighted by Crippen LogP contribution is 2.18. The lowest BCUT2D eigenvalue weighted by atomic mass is 10.2. The van der Waals surface area contributed by atoms with Crippen LogP contribution in [-0.2, 0) is 13.6 Å². The van der Waals surface area contributed by atoms with Gasteiger partial charge < -0.3 is 9.88 Å². The summed E-state index contributed by atoms with van der Waals surface area (Å²) in [5.74, 6) is 0.979. The Kier molecular flexibility index (Phi) is 3.31. The first-order valence-electron chi connectivity index (χ1n) is 7.68. The van der Waals surface area contributed by atoms with E-state index in [1.54, 1.807) is 4.68 Å². The van der Waals surface area contributed by atoms with Crippen molar-refractivity contribution in [3.63, 3.8) is 0 Å². The Labute approximate surface area is 129 Å². The second-order valence-corrected chi connectivity index (χ2v) is 5.90. The molecule has 3 aromatic rings. The number of nitrogens with one attached hydrogen (secondary N) is 1. The van der Waals surface area contributed by atoms with E-state index in [0.717, 1.165) is 38.5 Å². The van der Waals surface area contributed by atoms with E-state index >= 15 is 0 Å². The number of H-pyrrole nitrogens is 1. The molecule has 0 saturated carbocycles. The zero-order valence-electron chi connectivity index (χ0n) is 12.7. The van der Waals surface area contributed by atoms with E-state index in [9.17, 15) is 0 Å². The molecule has 1 N–H and O–H groups in total. The molecule has 0 amide bonds. The van der Waals surface area contributed by atoms with Gasteiger partial charge in [0.15, 0.2) is 5.82 Å². The van der Waals surface area contributed by atoms with Crippen LogP contribution in [0.2, 0.25) is 0 Å². The van der Waals surface area contributed by atoms with E-state index in [4.69, 9.17) is 0 Å². The first-order valence-corrected chi connectivity index (χ1v) is 7.68. The van der Waals surface area contributed by atoms with Crippen molar-refractivity contribution >= 4 is 16.7 Å². The van der Waals surface area contributed by atoms with Crippen LogP contribution in [0.4, 0.5) is 5.82 Å². The van der Waals surface area contributed by atoms with Crippen molar-refractivity contribution in [1.29, 1.82) is 0 Å². The molecule has 2 aromatic heterocycles. The van der Waals surface area contributed by atoms with Crippen LogP contribution in [0.1, 0.15) is 5.69 Å². The van der Waals surface area contributed by atoms with Crippen LogP contribution in [0, 0.1) is 0 Å². The van der Waals surface area contributed by atoms with Gasteiger partial charge in [0.2, 0.25) is 0 Å². The third kappa shape index (κ3) is 2.57. The van der Waals surface area contributed by atoms with Gasteiger partial charge in [-0.2, -0.15) is 0 Å². The number of benzene rings is 1. The second-order valence-electron chi connectivity index (χ2n) is 5.90. The quantitative estimate of drug-likeness (QED) is 0.798. The van der Waals surface area contributed by atoms with Crippen LogP contribution in [0.15, 0.2) is 36.5 Å². The first-order chi connectivity index (χ1) is 10.8. The maximum absolute atomic E-state index is 4.19. The highest BCUT2D eigenvalue weighted by atomic mass is 15.5. The molecule has 1 aliphatic rings. The van der Waals surface area contributed by atoms with Gasteiger partial charge in [0.25, 0.3) is 0 Å². The molecule has 0 spiro atoms. The molecule has 22 heavy (non-hydrogen) atoms. The third-order valence-corrected chi connectivity index (χ3v) is 4.27. The molecule has 6 heteroatoms. The fourth-order valence-electron chi connectivity index (χ4n) is 3.07. The molecule has 114 valence electrons. The lowest BCUT2D eigenvalue weighted by Crippen LogP contribution is -2.46. The summed E-state index contributed by atoms with van der Waals surface area (Å²) in [6.45, 7) is 5.07. The van der Waals surface area contributed by atoms with Crippen molar-refractivity contribution < 1.29 is 0 Å². The number of anilines is 1. The van der Waals surface area contributed by atoms with E-state index in [2.05, 4.69) is 55.4 Å². The summed E-state index contributed by atoms with van der Waals surface area (Å²) in [6.07, 6.45) is 1.98. The molecule has 1 fully saturated rings. The summed E-state index contributed by atoms with van der Waals surface area (Å²) in [4.78, 5) is 8.29. The Hall–Kier alpha value is -2.34. The minimum atomic E-state index is 0.975. The molecule has 6 nitrogen and oxygen atoms in total. The van der Waals surface area contributed by atoms with Crippen LogP contribution in [0.25, 0.3) is 10.9 Å². The van der Waals surface area contributed by atoms with Crippen molar-refractivity contribution in [1.82, 2.24) is 24.9 Å². The fraction of sp³-hybridized carbons (Fsp3) is 0.375. The Balaban J connectivity index is 1.39. The monoisotopic (exact) mass is 296 g/mol. The molecular weight excluding hydrogens is 276 g/mol. The van der Waals surface area contributed by atoms with Crippen LogP contribution in [0.3, 0.4) is 0 Å². The molecule has 3 heterocycles. The van der Waals surface area contributed by atoms with Gasteiger partial charge in [-0.15, -0.1) is 5.10 Å². The summed E-state index contributed by atoms with van der Waals surface area (Å²) < 4.78 is 1.76. The topological polar surface area (TPSA) is 53.0 Å². The molecular formula is C16H20N6. The van der Waals surface area contributed by atoms with Crippen molar-refractivity contribution in [3.05, 3.63) is 42.2 Å². The lowest BCUT2D eigenvalue weighted by molar-refractivity contribution is 0.247. The number of para-hydroxylation sites is 1. The Morgan fingerprint density at radius 3 is 2.68 bits per heavy atom. The SMILES string of the molecule is Cn1cc(N2CCN(Cc3cc4ccccc4[nH]3)CC2)nn1. The molecule has 0 bridgehead atoms. The van der Waals surface area contributed by atoms with Crippen LogP contribution in [-0.4, -0.2) is 51.1 Å². The van der Waals surface area contributed by atoms with Crippen LogP contribution in [0.5, 0.6) is 0 Å². The summed E-state index contributed by atoms with van der Waals surface area (Å²) in [5, 5.41) is 9.49. The summed E-state index contributed by atoms with van der Waals surface area (Å²) in [5.41, 5.74) is 2.50. The molecule has 0 unspecified atom stereocenters. The molecule has 1 aromatic carbocycles. The van der Waals surface area contributed by atoms with Gasteiger partial charge in [-0.05, 0) is 17.5 Å². The van der Waals surface area contributed by atoms with Crippen LogP contribution >= 0.6 is 0 Å². The first kappa shape index (κ1) is 13.3. The number of hydrogen-bond donors (Lipinski definition) is 1. The number of aromatic amines is 1. The van der Waals surface area contributed by atoms with Gasteiger partial charge in [0.05, 0.1) is 6.20 Å². The Morgan fingerprint density at radius 1 is 1.14 bits per heavy atom. The van der Waals surface area contributed by atoms with Gasteiger partial charge in [-0.1, -0.05) is 23.4 Å². The molecule has 1 saturated heterocycles. The summed E-state index contributed by atoms with van der Waals surface area (Å²) >= 11 is 0. The van der Waals surface area contributed by atoms with E-state index < -0.39 is 0 Å². The third-order valence-electron chi connectivity index (χ3n) is 4.27. The maximum Gasteiger partial charge on any atom is 0.171 e. The van der Waals surface area contributed by atoms with Crippen LogP contribution < -0.4 is 4.90 Å². The summed E-state index contributed by atoms with van der Waals surface area (Å²) in [7, 11) is 1.91. The number of aryl methyl sites for hydroxylation is 1. The predicted octanol–water partition coefficient (Wildman–Crippen LogP) is 1.62. The van der Waals surface area contributed by atoms with Gasteiger partial charge >= 0.3 is 0 Å². The molecule has 4 rings (SSSR count). The number of rotatable bonds is 3. The molecule has 1 aliphatic heterocycles. The smallest absolute Gasteiger partial charge is 0.171 e. The standard InChI is InChI=1S/C16H20N6/c1-20-12-16(18-19-20)22-8-6-21(7-9-22)11-14-10-13-4-2-3-5-15(13)17-14/h2-5,10,12,17H,6-9,11H2,1H3. The zero-order valence-corrected chi connectivity index (χ0v) is 12.7. The zero-order chi connectivity index (χ0) is 14.9. The van der Waals surface area contributed by atoms with E-state index in [-0.39, 0.29) is 0 Å². The highest BCUT2D eigenvalue weighted by Gasteiger charge is 2.19. The Morgan fingerprint density at radius 2 is 1.95 bits per heavy atom. The van der Waals surface area contributed by atoms with Gasteiger partial charge in [-0.25, -0.2) is 0 Å². The minimum absolute atomic E-state index is 0.975. The van der Waals surface area contributed by atoms with Gasteiger partial charge in [-0.3, -0.25) is 9.58 Å². The average Bonchev–Trinajstić information content (AvgIpc) is 3.13. The van der Waals surface area contributed by atoms with E-state index in [1.165, 1.54) is 16.6 Å². The fourth-order valence-corrected chi connectivity index (χ4v) is 3.07. The number of nitrogens with zero attached hydrogens (tertiary/aromatic N) is 5. The van der Waals surface area contributed by atoms with E-state index in [0.29, 0.717) is 0 Å². The number of aromatic nitrogens is 4. The normalized spacial score (nSPS) is 16.5. The summed E-state index contributed by atoms with van der Waals surface area (Å²) in [6, 6.07) is 10.7. The number of fused-ring (bicyclic) bond motifs is 1. The predicted molar refractivity (Wildman–Crippen MR) is 86.8 cm³/mol. The molecule has 0 atom stereocenters. The Bertz CT molecular complexity index is 733. The number of hydrogen-bond acceptors (Lipinski definition) is 4. The van der Waals surface area contributed by atoms with Crippen molar-refractivity contribution in [3.8, 4) is 0 Å². The van der Waals surface area contributed by atoms with Crippen molar-refractivity contribution in [2.45, 2.75) is 6.54 Å². The molecule has 0 radical (unpaired) electrons. The van der Waals surface area contributed by atoms with E-state index in [1.807, 2.05) is 13.2 Å². The highest BCUT2D eigenvalue weighted by molar-refractivity contribution is 5.80.